The van der Waals surface area contributed by atoms with E-state index in [0.717, 1.165) is 5.56 Å². The summed E-state index contributed by atoms with van der Waals surface area (Å²) in [5.41, 5.74) is 1.29. The van der Waals surface area contributed by atoms with Crippen LogP contribution in [0.4, 0.5) is 10.5 Å². The van der Waals surface area contributed by atoms with Gasteiger partial charge < -0.3 is 14.6 Å². The molecule has 1 fully saturated rings. The first-order chi connectivity index (χ1) is 15.7. The van der Waals surface area contributed by atoms with Crippen LogP contribution in [0, 0.1) is 13.7 Å². The Kier molecular flexibility index (Phi) is 7.92. The van der Waals surface area contributed by atoms with E-state index in [9.17, 15) is 24.5 Å². The minimum atomic E-state index is -1.28. The average Bonchev–Trinajstić information content (AvgIpc) is 3.00. The molecule has 10 nitrogen and oxygen atoms in total. The summed E-state index contributed by atoms with van der Waals surface area (Å²) in [5.74, 6) is -1.06. The predicted octanol–water partition coefficient (Wildman–Crippen LogP) is 4.30. The van der Waals surface area contributed by atoms with Crippen molar-refractivity contribution < 1.29 is 33.9 Å². The highest BCUT2D eigenvalue weighted by Gasteiger charge is 2.36. The van der Waals surface area contributed by atoms with Crippen LogP contribution >= 0.6 is 34.4 Å². The molecule has 0 spiro atoms. The number of nitro benzene ring substituents is 1. The molecule has 1 heterocycles. The Morgan fingerprint density at radius 1 is 1.24 bits per heavy atom. The summed E-state index contributed by atoms with van der Waals surface area (Å²) in [4.78, 5) is 46.4. The number of hydrogen-bond donors (Lipinski definition) is 1. The quantitative estimate of drug-likeness (QED) is 0.198. The molecule has 1 N–H and O–H groups in total. The van der Waals surface area contributed by atoms with Gasteiger partial charge in [0.05, 0.1) is 20.0 Å². The Hall–Kier alpha value is -3.13. The lowest BCUT2D eigenvalue weighted by atomic mass is 10.1. The lowest BCUT2D eigenvalue weighted by Crippen LogP contribution is -2.33. The van der Waals surface area contributed by atoms with Gasteiger partial charge in [-0.2, -0.15) is 0 Å². The van der Waals surface area contributed by atoms with Crippen LogP contribution in [0.1, 0.15) is 18.1 Å². The molecule has 1 aliphatic rings. The average molecular weight is 584 g/mol. The van der Waals surface area contributed by atoms with Gasteiger partial charge >= 0.3 is 5.97 Å². The van der Waals surface area contributed by atoms with Gasteiger partial charge in [0.1, 0.15) is 13.2 Å². The van der Waals surface area contributed by atoms with Crippen molar-refractivity contribution in [1.82, 2.24) is 4.90 Å². The summed E-state index contributed by atoms with van der Waals surface area (Å²) in [5, 5.41) is 19.0. The predicted molar refractivity (Wildman–Crippen MR) is 128 cm³/mol. The first-order valence-electron chi connectivity index (χ1n) is 9.49. The third kappa shape index (κ3) is 6.01. The Labute approximate surface area is 205 Å². The smallest absolute Gasteiger partial charge is 0.323 e. The molecule has 3 rings (SSSR count). The van der Waals surface area contributed by atoms with Crippen molar-refractivity contribution in [3.8, 4) is 11.5 Å². The molecule has 0 radical (unpaired) electrons. The number of halogens is 1. The van der Waals surface area contributed by atoms with E-state index in [4.69, 9.17) is 14.6 Å². The third-order valence-corrected chi connectivity index (χ3v) is 6.04. The third-order valence-electron chi connectivity index (χ3n) is 4.33. The highest BCUT2D eigenvalue weighted by Crippen LogP contribution is 2.38. The molecule has 1 aliphatic heterocycles. The number of carboxylic acid groups (broad SMARTS) is 1. The monoisotopic (exact) mass is 584 g/mol. The van der Waals surface area contributed by atoms with Crippen LogP contribution in [0.25, 0.3) is 6.08 Å². The molecule has 2 aromatic carbocycles. The molecule has 0 atom stereocenters. The Morgan fingerprint density at radius 3 is 2.55 bits per heavy atom. The van der Waals surface area contributed by atoms with Crippen LogP contribution < -0.4 is 9.47 Å². The van der Waals surface area contributed by atoms with Crippen molar-refractivity contribution in [3.63, 3.8) is 0 Å². The summed E-state index contributed by atoms with van der Waals surface area (Å²) in [6, 6.07) is 9.39. The van der Waals surface area contributed by atoms with Crippen molar-refractivity contribution in [1.29, 1.82) is 0 Å². The second kappa shape index (κ2) is 10.7. The van der Waals surface area contributed by atoms with Gasteiger partial charge in [-0.05, 0) is 82.7 Å². The van der Waals surface area contributed by atoms with E-state index in [0.29, 0.717) is 43.9 Å². The second-order valence-corrected chi connectivity index (χ2v) is 8.79. The molecule has 172 valence electrons. The molecule has 2 aromatic rings. The maximum Gasteiger partial charge on any atom is 0.323 e. The van der Waals surface area contributed by atoms with Crippen LogP contribution in [0.2, 0.25) is 0 Å². The van der Waals surface area contributed by atoms with E-state index in [-0.39, 0.29) is 17.2 Å². The number of aliphatic carboxylic acids is 1. The Bertz CT molecular complexity index is 1150. The number of carbonyl (C=O) groups excluding carboxylic acids is 2. The van der Waals surface area contributed by atoms with E-state index in [1.54, 1.807) is 31.2 Å². The minimum Gasteiger partial charge on any atom is -0.490 e. The number of ether oxygens (including phenoxy) is 2. The van der Waals surface area contributed by atoms with Crippen molar-refractivity contribution in [2.24, 2.45) is 0 Å². The van der Waals surface area contributed by atoms with Crippen LogP contribution in [-0.4, -0.2) is 45.2 Å². The van der Waals surface area contributed by atoms with E-state index < -0.39 is 28.6 Å². The zero-order chi connectivity index (χ0) is 24.1. The fourth-order valence-corrected chi connectivity index (χ4v) is 4.49. The first-order valence-corrected chi connectivity index (χ1v) is 11.4. The maximum atomic E-state index is 12.4. The first kappa shape index (κ1) is 24.5. The molecule has 0 unspecified atom stereocenters. The van der Waals surface area contributed by atoms with Crippen molar-refractivity contribution >= 4 is 63.2 Å². The summed E-state index contributed by atoms with van der Waals surface area (Å²) >= 11 is 2.72. The topological polar surface area (TPSA) is 136 Å². The minimum absolute atomic E-state index is 0.0135. The highest BCUT2D eigenvalue weighted by atomic mass is 127. The number of hydrogen-bond acceptors (Lipinski definition) is 8. The second-order valence-electron chi connectivity index (χ2n) is 6.64. The zero-order valence-electron chi connectivity index (χ0n) is 17.1. The lowest BCUT2D eigenvalue weighted by Gasteiger charge is -2.15. The molecule has 33 heavy (non-hydrogen) atoms. The van der Waals surface area contributed by atoms with Gasteiger partial charge in [-0.3, -0.25) is 29.4 Å². The standard InChI is InChI=1S/C21H17IN2O8S/c1-2-31-16-8-13(9-17-20(27)23(10-18(25)26)21(28)33-17)7-15(22)19(16)32-11-12-3-5-14(6-4-12)24(29)30/h3-9H,2,10-11H2,1H3,(H,25,26)/b17-9+. The fourth-order valence-electron chi connectivity index (χ4n) is 2.87. The van der Waals surface area contributed by atoms with Crippen molar-refractivity contribution in [3.05, 3.63) is 66.1 Å². The zero-order valence-corrected chi connectivity index (χ0v) is 20.1. The molecule has 0 bridgehead atoms. The molecular weight excluding hydrogens is 567 g/mol. The number of thioether (sulfide) groups is 1. The number of non-ortho nitro benzene ring substituents is 1. The van der Waals surface area contributed by atoms with Crippen molar-refractivity contribution in [2.75, 3.05) is 13.2 Å². The number of carbonyl (C=O) groups is 3. The highest BCUT2D eigenvalue weighted by molar-refractivity contribution is 14.1. The van der Waals surface area contributed by atoms with Gasteiger partial charge in [0.25, 0.3) is 16.8 Å². The fraction of sp³-hybridized carbons (Fsp3) is 0.190. The van der Waals surface area contributed by atoms with Crippen LogP contribution in [-0.2, 0) is 16.2 Å². The molecule has 0 aromatic heterocycles. The van der Waals surface area contributed by atoms with E-state index in [1.165, 1.54) is 18.2 Å². The summed E-state index contributed by atoms with van der Waals surface area (Å²) in [6.07, 6.45) is 1.50. The Balaban J connectivity index is 1.83. The number of nitro groups is 1. The molecular formula is C21H17IN2O8S. The maximum absolute atomic E-state index is 12.4. The SMILES string of the molecule is CCOc1cc(/C=C2/SC(=O)N(CC(=O)O)C2=O)cc(I)c1OCc1ccc([N+](=O)[O-])cc1. The van der Waals surface area contributed by atoms with Gasteiger partial charge in [0, 0.05) is 12.1 Å². The largest absolute Gasteiger partial charge is 0.490 e. The molecule has 0 saturated carbocycles. The van der Waals surface area contributed by atoms with Gasteiger partial charge in [-0.15, -0.1) is 0 Å². The van der Waals surface area contributed by atoms with E-state index >= 15 is 0 Å². The number of rotatable bonds is 9. The number of benzene rings is 2. The summed E-state index contributed by atoms with van der Waals surface area (Å²) < 4.78 is 12.3. The van der Waals surface area contributed by atoms with Crippen LogP contribution in [0.15, 0.2) is 41.3 Å². The summed E-state index contributed by atoms with van der Waals surface area (Å²) in [6.45, 7) is 1.61. The Morgan fingerprint density at radius 2 is 1.94 bits per heavy atom. The van der Waals surface area contributed by atoms with Gasteiger partial charge in [-0.25, -0.2) is 0 Å². The van der Waals surface area contributed by atoms with Crippen molar-refractivity contribution in [2.45, 2.75) is 13.5 Å². The van der Waals surface area contributed by atoms with Gasteiger partial charge in [0.2, 0.25) is 0 Å². The van der Waals surface area contributed by atoms with Crippen LogP contribution in [0.3, 0.4) is 0 Å². The number of nitrogens with zero attached hydrogens (tertiary/aromatic N) is 2. The van der Waals surface area contributed by atoms with E-state index in [2.05, 4.69) is 22.6 Å². The van der Waals surface area contributed by atoms with Crippen LogP contribution in [0.5, 0.6) is 11.5 Å². The number of imide groups is 1. The molecule has 2 amide bonds. The normalized spacial score (nSPS) is 14.6. The summed E-state index contributed by atoms with van der Waals surface area (Å²) in [7, 11) is 0. The van der Waals surface area contributed by atoms with E-state index in [1.807, 2.05) is 0 Å². The molecule has 0 aliphatic carbocycles. The lowest BCUT2D eigenvalue weighted by molar-refractivity contribution is -0.384. The van der Waals surface area contributed by atoms with Gasteiger partial charge in [0.15, 0.2) is 11.5 Å². The number of carboxylic acids is 1. The molecule has 12 heteroatoms. The van der Waals surface area contributed by atoms with Gasteiger partial charge in [-0.1, -0.05) is 0 Å². The number of amides is 2. The molecule has 1 saturated heterocycles.